The number of amides is 1. The molecule has 1 aliphatic rings. The molecule has 0 spiro atoms. The van der Waals surface area contributed by atoms with Gasteiger partial charge in [0.2, 0.25) is 10.0 Å². The Morgan fingerprint density at radius 1 is 1.09 bits per heavy atom. The van der Waals surface area contributed by atoms with E-state index in [1.165, 1.54) is 12.1 Å². The SMILES string of the molecule is CCc1cccc(C)c1NC(=O)C[NH+]1CCN(S(=O)(=O)c2ccccc2C(F)(F)F)CC1. The van der Waals surface area contributed by atoms with Gasteiger partial charge in [-0.15, -0.1) is 0 Å². The van der Waals surface area contributed by atoms with Crippen molar-refractivity contribution in [1.82, 2.24) is 4.31 Å². The van der Waals surface area contributed by atoms with Crippen LogP contribution in [-0.4, -0.2) is 51.4 Å². The van der Waals surface area contributed by atoms with Gasteiger partial charge in [0.1, 0.15) is 0 Å². The number of nitrogens with one attached hydrogen (secondary N) is 2. The van der Waals surface area contributed by atoms with Crippen molar-refractivity contribution in [2.75, 3.05) is 38.0 Å². The first-order valence-corrected chi connectivity index (χ1v) is 11.9. The van der Waals surface area contributed by atoms with Crippen LogP contribution in [0.25, 0.3) is 0 Å². The molecule has 0 atom stereocenters. The lowest BCUT2D eigenvalue weighted by molar-refractivity contribution is -0.895. The molecule has 174 valence electrons. The first-order valence-electron chi connectivity index (χ1n) is 10.4. The third-order valence-electron chi connectivity index (χ3n) is 5.65. The van der Waals surface area contributed by atoms with Crippen LogP contribution in [0.3, 0.4) is 0 Å². The molecule has 1 amide bonds. The molecular formula is C22H27F3N3O3S+. The van der Waals surface area contributed by atoms with Crippen LogP contribution < -0.4 is 10.2 Å². The van der Waals surface area contributed by atoms with Crippen LogP contribution >= 0.6 is 0 Å². The van der Waals surface area contributed by atoms with Crippen molar-refractivity contribution in [1.29, 1.82) is 0 Å². The average molecular weight is 471 g/mol. The Morgan fingerprint density at radius 2 is 1.75 bits per heavy atom. The fourth-order valence-corrected chi connectivity index (χ4v) is 5.55. The zero-order chi connectivity index (χ0) is 23.5. The number of sulfonamides is 1. The number of carbonyl (C=O) groups excluding carboxylic acids is 1. The summed E-state index contributed by atoms with van der Waals surface area (Å²) in [6.07, 6.45) is -3.98. The van der Waals surface area contributed by atoms with Crippen molar-refractivity contribution in [3.05, 3.63) is 59.2 Å². The molecule has 0 aliphatic carbocycles. The highest BCUT2D eigenvalue weighted by Crippen LogP contribution is 2.35. The molecule has 1 aliphatic heterocycles. The molecule has 3 rings (SSSR count). The Morgan fingerprint density at radius 3 is 2.38 bits per heavy atom. The first-order chi connectivity index (χ1) is 15.0. The van der Waals surface area contributed by atoms with Crippen LogP contribution in [0.2, 0.25) is 0 Å². The van der Waals surface area contributed by atoms with Crippen LogP contribution in [0.15, 0.2) is 47.4 Å². The quantitative estimate of drug-likeness (QED) is 0.680. The molecule has 0 unspecified atom stereocenters. The smallest absolute Gasteiger partial charge is 0.325 e. The highest BCUT2D eigenvalue weighted by Gasteiger charge is 2.40. The molecular weight excluding hydrogens is 443 g/mol. The van der Waals surface area contributed by atoms with Crippen molar-refractivity contribution in [2.24, 2.45) is 0 Å². The number of benzene rings is 2. The third kappa shape index (κ3) is 5.31. The molecule has 0 radical (unpaired) electrons. The summed E-state index contributed by atoms with van der Waals surface area (Å²) in [4.78, 5) is 12.7. The lowest BCUT2D eigenvalue weighted by atomic mass is 10.1. The number of hydrogen-bond acceptors (Lipinski definition) is 3. The number of hydrogen-bond donors (Lipinski definition) is 2. The number of carbonyl (C=O) groups is 1. The van der Waals surface area contributed by atoms with E-state index >= 15 is 0 Å². The van der Waals surface area contributed by atoms with Crippen molar-refractivity contribution in [2.45, 2.75) is 31.3 Å². The van der Waals surface area contributed by atoms with Crippen molar-refractivity contribution < 1.29 is 31.3 Å². The van der Waals surface area contributed by atoms with Gasteiger partial charge in [0.25, 0.3) is 5.91 Å². The molecule has 6 nitrogen and oxygen atoms in total. The normalized spacial score (nSPS) is 16.2. The van der Waals surface area contributed by atoms with Gasteiger partial charge in [0.05, 0.1) is 36.6 Å². The van der Waals surface area contributed by atoms with Gasteiger partial charge in [-0.05, 0) is 36.6 Å². The maximum atomic E-state index is 13.3. The van der Waals surface area contributed by atoms with Gasteiger partial charge in [0.15, 0.2) is 6.54 Å². The molecule has 0 saturated carbocycles. The summed E-state index contributed by atoms with van der Waals surface area (Å²) in [5.41, 5.74) is 1.63. The van der Waals surface area contributed by atoms with Crippen molar-refractivity contribution >= 4 is 21.6 Å². The van der Waals surface area contributed by atoms with Crippen LogP contribution in [0, 0.1) is 6.92 Å². The molecule has 32 heavy (non-hydrogen) atoms. The maximum absolute atomic E-state index is 13.3. The standard InChI is InChI=1S/C22H26F3N3O3S/c1-3-17-8-6-7-16(2)21(17)26-20(29)15-27-11-13-28(14-12-27)32(30,31)19-10-5-4-9-18(19)22(23,24)25/h4-10H,3,11-15H2,1-2H3,(H,26,29)/p+1. The molecule has 2 aromatic rings. The molecule has 10 heteroatoms. The Labute approximate surface area is 186 Å². The van der Waals surface area contributed by atoms with E-state index in [1.807, 2.05) is 32.0 Å². The Balaban J connectivity index is 1.64. The summed E-state index contributed by atoms with van der Waals surface area (Å²) >= 11 is 0. The number of nitrogens with zero attached hydrogens (tertiary/aromatic N) is 1. The van der Waals surface area contributed by atoms with Gasteiger partial charge >= 0.3 is 6.18 Å². The predicted octanol–water partition coefficient (Wildman–Crippen LogP) is 2.10. The third-order valence-corrected chi connectivity index (χ3v) is 7.61. The van der Waals surface area contributed by atoms with Gasteiger partial charge in [-0.1, -0.05) is 37.3 Å². The second-order valence-corrected chi connectivity index (χ2v) is 9.74. The molecule has 1 fully saturated rings. The van der Waals surface area contributed by atoms with E-state index in [9.17, 15) is 26.4 Å². The lowest BCUT2D eigenvalue weighted by Gasteiger charge is -2.31. The zero-order valence-electron chi connectivity index (χ0n) is 18.0. The average Bonchev–Trinajstić information content (AvgIpc) is 2.75. The number of quaternary nitrogens is 1. The maximum Gasteiger partial charge on any atom is 0.417 e. The topological polar surface area (TPSA) is 70.9 Å². The zero-order valence-corrected chi connectivity index (χ0v) is 18.8. The van der Waals surface area contributed by atoms with E-state index in [2.05, 4.69) is 5.32 Å². The fraction of sp³-hybridized carbons (Fsp3) is 0.409. The number of para-hydroxylation sites is 1. The first kappa shape index (κ1) is 24.2. The van der Waals surface area contributed by atoms with Crippen LogP contribution in [0.4, 0.5) is 18.9 Å². The minimum atomic E-state index is -4.76. The highest BCUT2D eigenvalue weighted by atomic mass is 32.2. The van der Waals surface area contributed by atoms with Crippen molar-refractivity contribution in [3.63, 3.8) is 0 Å². The summed E-state index contributed by atoms with van der Waals surface area (Å²) in [6, 6.07) is 10.0. The van der Waals surface area contributed by atoms with E-state index < -0.39 is 26.7 Å². The van der Waals surface area contributed by atoms with E-state index in [0.29, 0.717) is 13.1 Å². The van der Waals surface area contributed by atoms with Crippen LogP contribution in [0.5, 0.6) is 0 Å². The van der Waals surface area contributed by atoms with Gasteiger partial charge in [-0.25, -0.2) is 8.42 Å². The molecule has 0 aromatic heterocycles. The summed E-state index contributed by atoms with van der Waals surface area (Å²) in [7, 11) is -4.29. The molecule has 1 heterocycles. The molecule has 1 saturated heterocycles. The van der Waals surface area contributed by atoms with E-state index in [1.54, 1.807) is 0 Å². The summed E-state index contributed by atoms with van der Waals surface area (Å²) in [6.45, 7) is 4.83. The van der Waals surface area contributed by atoms with E-state index in [4.69, 9.17) is 0 Å². The van der Waals surface area contributed by atoms with Gasteiger partial charge in [-0.3, -0.25) is 4.79 Å². The van der Waals surface area contributed by atoms with Gasteiger partial charge < -0.3 is 10.2 Å². The minimum Gasteiger partial charge on any atom is -0.325 e. The molecule has 2 aromatic carbocycles. The molecule has 0 bridgehead atoms. The summed E-state index contributed by atoms with van der Waals surface area (Å²) in [5, 5.41) is 2.95. The molecule has 2 N–H and O–H groups in total. The van der Waals surface area contributed by atoms with Gasteiger partial charge in [0, 0.05) is 5.69 Å². The lowest BCUT2D eigenvalue weighted by Crippen LogP contribution is -3.15. The Hall–Kier alpha value is -2.43. The van der Waals surface area contributed by atoms with Crippen molar-refractivity contribution in [3.8, 4) is 0 Å². The Bertz CT molecular complexity index is 1080. The van der Waals surface area contributed by atoms with Crippen LogP contribution in [0.1, 0.15) is 23.6 Å². The predicted molar refractivity (Wildman–Crippen MR) is 115 cm³/mol. The second-order valence-electron chi connectivity index (χ2n) is 7.84. The van der Waals surface area contributed by atoms with E-state index in [-0.39, 0.29) is 25.5 Å². The number of aryl methyl sites for hydroxylation is 2. The monoisotopic (exact) mass is 470 g/mol. The number of piperazine rings is 1. The van der Waals surface area contributed by atoms with Crippen LogP contribution in [-0.2, 0) is 27.4 Å². The Kier molecular flexibility index (Phi) is 7.26. The summed E-state index contributed by atoms with van der Waals surface area (Å²) < 4.78 is 66.6. The number of alkyl halides is 3. The minimum absolute atomic E-state index is 0.0434. The second kappa shape index (κ2) is 9.60. The fourth-order valence-electron chi connectivity index (χ4n) is 3.90. The number of halogens is 3. The number of anilines is 1. The summed E-state index contributed by atoms with van der Waals surface area (Å²) in [5.74, 6) is -0.178. The highest BCUT2D eigenvalue weighted by molar-refractivity contribution is 7.89. The largest absolute Gasteiger partial charge is 0.417 e. The van der Waals surface area contributed by atoms with E-state index in [0.717, 1.165) is 44.6 Å². The number of rotatable bonds is 6. The van der Waals surface area contributed by atoms with Gasteiger partial charge in [-0.2, -0.15) is 17.5 Å².